The first kappa shape index (κ1) is 23.9. The highest BCUT2D eigenvalue weighted by molar-refractivity contribution is 6.69. The van der Waals surface area contributed by atoms with Gasteiger partial charge in [-0.05, 0) is 73.8 Å². The molecule has 1 heterocycles. The van der Waals surface area contributed by atoms with Gasteiger partial charge in [-0.3, -0.25) is 4.79 Å². The first-order valence-electron chi connectivity index (χ1n) is 11.7. The number of amides is 1. The lowest BCUT2D eigenvalue weighted by molar-refractivity contribution is 0.0766. The van der Waals surface area contributed by atoms with Crippen LogP contribution >= 0.6 is 0 Å². The fourth-order valence-corrected chi connectivity index (χ4v) is 5.73. The van der Waals surface area contributed by atoms with Crippen molar-refractivity contribution >= 4 is 14.2 Å². The maximum atomic E-state index is 13.6. The molecule has 0 radical (unpaired) electrons. The van der Waals surface area contributed by atoms with Gasteiger partial charge in [0, 0.05) is 24.2 Å². The summed E-state index contributed by atoms with van der Waals surface area (Å²) < 4.78 is 6.37. The molecule has 0 saturated heterocycles. The highest BCUT2D eigenvalue weighted by atomic mass is 28.4. The number of fused-ring (bicyclic) bond motifs is 1. The van der Waals surface area contributed by atoms with Crippen LogP contribution in [-0.4, -0.2) is 19.1 Å². The van der Waals surface area contributed by atoms with Gasteiger partial charge >= 0.3 is 0 Å². The summed E-state index contributed by atoms with van der Waals surface area (Å²) in [6.45, 7) is 13.5. The first-order chi connectivity index (χ1) is 16.1. The Morgan fingerprint density at radius 1 is 0.971 bits per heavy atom. The van der Waals surface area contributed by atoms with Gasteiger partial charge in [-0.15, -0.1) is 0 Å². The number of nitrogens with zero attached hydrogens (tertiary/aromatic N) is 2. The fourth-order valence-electron chi connectivity index (χ4n) is 4.85. The largest absolute Gasteiger partial charge is 0.399 e. The molecule has 4 rings (SSSR count). The second-order valence-corrected chi connectivity index (χ2v) is 14.6. The van der Waals surface area contributed by atoms with E-state index >= 15 is 0 Å². The van der Waals surface area contributed by atoms with E-state index in [9.17, 15) is 10.1 Å². The van der Waals surface area contributed by atoms with Crippen molar-refractivity contribution in [3.63, 3.8) is 0 Å². The number of hydrogen-bond donors (Lipinski definition) is 0. The van der Waals surface area contributed by atoms with Gasteiger partial charge in [0.2, 0.25) is 0 Å². The Morgan fingerprint density at radius 2 is 1.62 bits per heavy atom. The Hall–Kier alpha value is -3.20. The monoisotopic (exact) mass is 468 g/mol. The summed E-state index contributed by atoms with van der Waals surface area (Å²) in [4.78, 5) is 15.5. The average Bonchev–Trinajstić information content (AvgIpc) is 3.12. The molecule has 4 nitrogen and oxygen atoms in total. The number of rotatable bonds is 6. The number of benzene rings is 3. The summed E-state index contributed by atoms with van der Waals surface area (Å²) in [6, 6.07) is 20.9. The minimum Gasteiger partial charge on any atom is -0.399 e. The van der Waals surface area contributed by atoms with Crippen molar-refractivity contribution in [2.75, 3.05) is 0 Å². The molecule has 1 aliphatic rings. The molecular weight excluding hydrogens is 436 g/mol. The van der Waals surface area contributed by atoms with E-state index in [2.05, 4.69) is 63.8 Å². The van der Waals surface area contributed by atoms with Crippen LogP contribution in [0.25, 0.3) is 11.1 Å². The Labute approximate surface area is 203 Å². The maximum Gasteiger partial charge on any atom is 0.255 e. The molecular formula is C29H32N2O2Si. The Bertz CT molecular complexity index is 1270. The second-order valence-electron chi connectivity index (χ2n) is 10.1. The Morgan fingerprint density at radius 3 is 2.21 bits per heavy atom. The van der Waals surface area contributed by atoms with Gasteiger partial charge in [-0.25, -0.2) is 0 Å². The quantitative estimate of drug-likeness (QED) is 0.372. The lowest BCUT2D eigenvalue weighted by atomic mass is 9.83. The lowest BCUT2D eigenvalue weighted by Crippen LogP contribution is -2.28. The summed E-state index contributed by atoms with van der Waals surface area (Å²) in [7, 11) is -2.02. The van der Waals surface area contributed by atoms with E-state index in [-0.39, 0.29) is 5.91 Å². The van der Waals surface area contributed by atoms with Gasteiger partial charge in [-0.2, -0.15) is 5.26 Å². The Kier molecular flexibility index (Phi) is 6.48. The molecule has 34 heavy (non-hydrogen) atoms. The van der Waals surface area contributed by atoms with Crippen molar-refractivity contribution in [2.45, 2.75) is 59.6 Å². The summed E-state index contributed by atoms with van der Waals surface area (Å²) in [5.74, 6) is 0.0286. The van der Waals surface area contributed by atoms with Gasteiger partial charge < -0.3 is 9.33 Å². The SMILES string of the molecule is Cc1ccc(-c2c(C)c3c(c(C)c2C(C#N)O[Si](C)(C)C)C(=O)N(Cc2ccccc2)C3)cc1. The zero-order chi connectivity index (χ0) is 24.6. The molecule has 0 fully saturated rings. The molecule has 1 aliphatic heterocycles. The second kappa shape index (κ2) is 9.21. The smallest absolute Gasteiger partial charge is 0.255 e. The number of hydrogen-bond acceptors (Lipinski definition) is 3. The fraction of sp³-hybridized carbons (Fsp3) is 0.310. The molecule has 1 amide bonds. The van der Waals surface area contributed by atoms with Crippen LogP contribution in [-0.2, 0) is 17.5 Å². The third-order valence-electron chi connectivity index (χ3n) is 6.44. The van der Waals surface area contributed by atoms with Crippen molar-refractivity contribution < 1.29 is 9.22 Å². The lowest BCUT2D eigenvalue weighted by Gasteiger charge is -2.27. The average molecular weight is 469 g/mol. The van der Waals surface area contributed by atoms with Gasteiger partial charge in [0.25, 0.3) is 5.91 Å². The van der Waals surface area contributed by atoms with E-state index < -0.39 is 14.4 Å². The molecule has 1 unspecified atom stereocenters. The van der Waals surface area contributed by atoms with Gasteiger partial charge in [0.15, 0.2) is 14.4 Å². The molecule has 0 N–H and O–H groups in total. The summed E-state index contributed by atoms with van der Waals surface area (Å²) in [6.07, 6.45) is -0.719. The highest BCUT2D eigenvalue weighted by Gasteiger charge is 2.36. The van der Waals surface area contributed by atoms with Gasteiger partial charge in [-0.1, -0.05) is 60.2 Å². The third kappa shape index (κ3) is 4.57. The molecule has 3 aromatic rings. The van der Waals surface area contributed by atoms with Crippen LogP contribution in [0.15, 0.2) is 54.6 Å². The van der Waals surface area contributed by atoms with Crippen LogP contribution in [0.3, 0.4) is 0 Å². The van der Waals surface area contributed by atoms with Crippen LogP contribution in [0.4, 0.5) is 0 Å². The van der Waals surface area contributed by atoms with Crippen molar-refractivity contribution in [2.24, 2.45) is 0 Å². The van der Waals surface area contributed by atoms with Crippen LogP contribution < -0.4 is 0 Å². The molecule has 3 aromatic carbocycles. The number of aryl methyl sites for hydroxylation is 1. The van der Waals surface area contributed by atoms with Gasteiger partial charge in [0.1, 0.15) is 0 Å². The van der Waals surface area contributed by atoms with E-state index in [1.807, 2.05) is 42.2 Å². The number of carbonyl (C=O) groups excluding carboxylic acids is 1. The summed E-state index contributed by atoms with van der Waals surface area (Å²) >= 11 is 0. The van der Waals surface area contributed by atoms with Crippen molar-refractivity contribution in [3.05, 3.63) is 93.5 Å². The minimum absolute atomic E-state index is 0.0286. The van der Waals surface area contributed by atoms with Crippen LogP contribution in [0.1, 0.15) is 49.8 Å². The summed E-state index contributed by atoms with van der Waals surface area (Å²) in [5.41, 5.74) is 8.91. The molecule has 0 bridgehead atoms. The highest BCUT2D eigenvalue weighted by Crippen LogP contribution is 2.43. The predicted molar refractivity (Wildman–Crippen MR) is 139 cm³/mol. The summed E-state index contributed by atoms with van der Waals surface area (Å²) in [5, 5.41) is 10.2. The van der Waals surface area contributed by atoms with Crippen LogP contribution in [0, 0.1) is 32.1 Å². The van der Waals surface area contributed by atoms with E-state index in [4.69, 9.17) is 4.43 Å². The number of nitriles is 1. The first-order valence-corrected chi connectivity index (χ1v) is 15.1. The van der Waals surface area contributed by atoms with Crippen molar-refractivity contribution in [3.8, 4) is 17.2 Å². The Balaban J connectivity index is 1.90. The molecule has 0 aliphatic carbocycles. The predicted octanol–water partition coefficient (Wildman–Crippen LogP) is 6.85. The van der Waals surface area contributed by atoms with E-state index in [1.165, 1.54) is 5.56 Å². The zero-order valence-corrected chi connectivity index (χ0v) is 21.9. The molecule has 0 aromatic heterocycles. The standard InChI is InChI=1S/C29H32N2O2Si/c1-19-12-14-23(15-13-19)26-20(2)24-18-31(17-22-10-8-7-9-11-22)29(32)27(24)21(3)28(26)25(16-30)33-34(4,5)6/h7-15,25H,17-18H2,1-6H3. The van der Waals surface area contributed by atoms with E-state index in [0.717, 1.165) is 44.5 Å². The van der Waals surface area contributed by atoms with Gasteiger partial charge in [0.05, 0.1) is 6.07 Å². The van der Waals surface area contributed by atoms with Crippen molar-refractivity contribution in [1.82, 2.24) is 4.90 Å². The number of carbonyl (C=O) groups is 1. The molecule has 0 spiro atoms. The maximum absolute atomic E-state index is 13.6. The van der Waals surface area contributed by atoms with E-state index in [1.54, 1.807) is 0 Å². The van der Waals surface area contributed by atoms with Crippen molar-refractivity contribution in [1.29, 1.82) is 5.26 Å². The molecule has 174 valence electrons. The topological polar surface area (TPSA) is 53.3 Å². The molecule has 5 heteroatoms. The van der Waals surface area contributed by atoms with Crippen LogP contribution in [0.5, 0.6) is 0 Å². The zero-order valence-electron chi connectivity index (χ0n) is 20.9. The third-order valence-corrected chi connectivity index (χ3v) is 7.38. The van der Waals surface area contributed by atoms with E-state index in [0.29, 0.717) is 13.1 Å². The normalized spacial score (nSPS) is 14.1. The molecule has 1 atom stereocenters. The minimum atomic E-state index is -2.02. The molecule has 0 saturated carbocycles. The van der Waals surface area contributed by atoms with Crippen LogP contribution in [0.2, 0.25) is 19.6 Å².